The highest BCUT2D eigenvalue weighted by molar-refractivity contribution is 6.26. The van der Waals surface area contributed by atoms with Crippen molar-refractivity contribution in [2.45, 2.75) is 12.8 Å². The molecule has 2 heterocycles. The Labute approximate surface area is 119 Å². The van der Waals surface area contributed by atoms with Crippen LogP contribution in [0.2, 0.25) is 0 Å². The van der Waals surface area contributed by atoms with Gasteiger partial charge in [0.1, 0.15) is 11.6 Å². The molecule has 1 amide bonds. The Bertz CT molecular complexity index is 683. The summed E-state index contributed by atoms with van der Waals surface area (Å²) in [6.07, 6.45) is 3.74. The maximum Gasteiger partial charge on any atom is 0.257 e. The Morgan fingerprint density at radius 1 is 1.48 bits per heavy atom. The molecule has 0 aliphatic rings. The van der Waals surface area contributed by atoms with Crippen molar-refractivity contribution >= 4 is 23.7 Å². The molecule has 0 bridgehead atoms. The number of aromatic amines is 1. The maximum absolute atomic E-state index is 12.9. The van der Waals surface area contributed by atoms with Gasteiger partial charge in [-0.3, -0.25) is 9.59 Å². The van der Waals surface area contributed by atoms with E-state index in [0.29, 0.717) is 24.3 Å². The van der Waals surface area contributed by atoms with E-state index in [1.54, 1.807) is 0 Å². The van der Waals surface area contributed by atoms with Crippen molar-refractivity contribution in [1.29, 1.82) is 5.41 Å². The average Bonchev–Trinajstić information content (AvgIpc) is 2.92. The summed E-state index contributed by atoms with van der Waals surface area (Å²) in [4.78, 5) is 32.4. The predicted molar refractivity (Wildman–Crippen MR) is 72.8 cm³/mol. The molecule has 0 fully saturated rings. The molecule has 108 valence electrons. The number of hydrogen-bond acceptors (Lipinski definition) is 5. The normalized spacial score (nSPS) is 10.1. The minimum absolute atomic E-state index is 0.0238. The number of nitrogens with one attached hydrogen (secondary N) is 3. The fourth-order valence-electron chi connectivity index (χ4n) is 1.60. The molecular weight excluding hydrogens is 277 g/mol. The minimum Gasteiger partial charge on any atom is -0.329 e. The van der Waals surface area contributed by atoms with Gasteiger partial charge in [-0.25, -0.2) is 9.97 Å². The topological polar surface area (TPSA) is 112 Å². The summed E-state index contributed by atoms with van der Waals surface area (Å²) in [7, 11) is 0. The number of carbonyl (C=O) groups excluding carboxylic acids is 2. The zero-order valence-electron chi connectivity index (χ0n) is 10.9. The molecule has 8 heteroatoms. The van der Waals surface area contributed by atoms with Gasteiger partial charge in [0.05, 0.1) is 11.9 Å². The quantitative estimate of drug-likeness (QED) is 0.423. The van der Waals surface area contributed by atoms with Gasteiger partial charge >= 0.3 is 0 Å². The number of rotatable bonds is 6. The van der Waals surface area contributed by atoms with E-state index in [0.717, 1.165) is 6.07 Å². The average molecular weight is 289 g/mol. The lowest BCUT2D eigenvalue weighted by Crippen LogP contribution is -2.12. The molecule has 0 aliphatic carbocycles. The minimum atomic E-state index is -0.736. The first kappa shape index (κ1) is 14.5. The molecule has 0 unspecified atom stereocenters. The molecule has 7 nitrogen and oxygen atoms in total. The van der Waals surface area contributed by atoms with Crippen molar-refractivity contribution in [3.05, 3.63) is 41.9 Å². The third kappa shape index (κ3) is 4.03. The number of carbonyl (C=O) groups is 2. The number of aryl methyl sites for hydroxylation is 1. The van der Waals surface area contributed by atoms with Crippen molar-refractivity contribution in [3.8, 4) is 0 Å². The molecule has 0 saturated heterocycles. The molecule has 0 saturated carbocycles. The van der Waals surface area contributed by atoms with Crippen LogP contribution in [0, 0.1) is 11.4 Å². The van der Waals surface area contributed by atoms with Crippen LogP contribution in [0.5, 0.6) is 0 Å². The first-order chi connectivity index (χ1) is 10.1. The summed E-state index contributed by atoms with van der Waals surface area (Å²) >= 11 is 0. The summed E-state index contributed by atoms with van der Waals surface area (Å²) < 4.78 is 12.9. The molecule has 21 heavy (non-hydrogen) atoms. The van der Waals surface area contributed by atoms with Gasteiger partial charge in [-0.05, 0) is 12.5 Å². The van der Waals surface area contributed by atoms with E-state index in [1.165, 1.54) is 18.5 Å². The fraction of sp³-hybridized carbons (Fsp3) is 0.154. The van der Waals surface area contributed by atoms with Gasteiger partial charge in [0.2, 0.25) is 5.95 Å². The summed E-state index contributed by atoms with van der Waals surface area (Å²) in [6.45, 7) is 0. The van der Waals surface area contributed by atoms with Crippen LogP contribution in [0.4, 0.5) is 10.2 Å². The maximum atomic E-state index is 12.9. The molecule has 2 aromatic rings. The van der Waals surface area contributed by atoms with Gasteiger partial charge in [0, 0.05) is 24.2 Å². The zero-order chi connectivity index (χ0) is 15.2. The molecule has 0 aliphatic heterocycles. The summed E-state index contributed by atoms with van der Waals surface area (Å²) in [5.74, 6) is -0.338. The number of imidazole rings is 1. The Kier molecular flexibility index (Phi) is 4.50. The van der Waals surface area contributed by atoms with Crippen molar-refractivity contribution in [2.24, 2.45) is 0 Å². The van der Waals surface area contributed by atoms with Crippen molar-refractivity contribution in [1.82, 2.24) is 15.0 Å². The number of aromatic nitrogens is 3. The number of halogens is 1. The van der Waals surface area contributed by atoms with Crippen molar-refractivity contribution < 1.29 is 14.0 Å². The van der Waals surface area contributed by atoms with Crippen LogP contribution >= 0.6 is 0 Å². The lowest BCUT2D eigenvalue weighted by Gasteiger charge is -2.02. The number of anilines is 1. The standard InChI is InChI=1S/C13H12FN5O2/c14-10-5-8(3-4-16-10)13(21)19-12-6-17-11(18-12)2-1-9(15)7-20/h3-7,15H,1-2H2,(H,17,18)(H,19,21). The van der Waals surface area contributed by atoms with Crippen LogP contribution in [0.25, 0.3) is 0 Å². The van der Waals surface area contributed by atoms with Gasteiger partial charge in [0.25, 0.3) is 5.91 Å². The van der Waals surface area contributed by atoms with E-state index in [2.05, 4.69) is 20.3 Å². The SMILES string of the molecule is N=C(C=O)CCc1ncc(NC(=O)c2ccnc(F)c2)[nH]1. The Balaban J connectivity index is 1.97. The summed E-state index contributed by atoms with van der Waals surface area (Å²) in [5, 5.41) is 9.75. The predicted octanol–water partition coefficient (Wildman–Crippen LogP) is 1.35. The second-order valence-electron chi connectivity index (χ2n) is 4.21. The van der Waals surface area contributed by atoms with Crippen molar-refractivity contribution in [2.75, 3.05) is 5.32 Å². The third-order valence-corrected chi connectivity index (χ3v) is 2.64. The molecule has 0 radical (unpaired) electrons. The van der Waals surface area contributed by atoms with Gasteiger partial charge in [-0.1, -0.05) is 0 Å². The molecule has 0 aromatic carbocycles. The summed E-state index contributed by atoms with van der Waals surface area (Å²) in [6, 6.07) is 2.42. The number of pyridine rings is 1. The monoisotopic (exact) mass is 289 g/mol. The van der Waals surface area contributed by atoms with Crippen LogP contribution in [0.1, 0.15) is 22.6 Å². The van der Waals surface area contributed by atoms with E-state index >= 15 is 0 Å². The smallest absolute Gasteiger partial charge is 0.257 e. The van der Waals surface area contributed by atoms with E-state index in [9.17, 15) is 14.0 Å². The number of amides is 1. The lowest BCUT2D eigenvalue weighted by atomic mass is 10.2. The van der Waals surface area contributed by atoms with E-state index in [4.69, 9.17) is 5.41 Å². The van der Waals surface area contributed by atoms with Gasteiger partial charge in [-0.15, -0.1) is 0 Å². The van der Waals surface area contributed by atoms with Crippen LogP contribution in [0.15, 0.2) is 24.5 Å². The highest BCUT2D eigenvalue weighted by Crippen LogP contribution is 2.08. The lowest BCUT2D eigenvalue weighted by molar-refractivity contribution is -0.102. The molecule has 0 spiro atoms. The molecule has 3 N–H and O–H groups in total. The molecule has 0 atom stereocenters. The van der Waals surface area contributed by atoms with Gasteiger partial charge in [-0.2, -0.15) is 4.39 Å². The molecular formula is C13H12FN5O2. The number of nitrogens with zero attached hydrogens (tertiary/aromatic N) is 2. The second-order valence-corrected chi connectivity index (χ2v) is 4.21. The largest absolute Gasteiger partial charge is 0.329 e. The zero-order valence-corrected chi connectivity index (χ0v) is 10.9. The van der Waals surface area contributed by atoms with Gasteiger partial charge in [0.15, 0.2) is 6.29 Å². The van der Waals surface area contributed by atoms with E-state index in [-0.39, 0.29) is 17.7 Å². The van der Waals surface area contributed by atoms with Crippen LogP contribution in [-0.2, 0) is 11.2 Å². The fourth-order valence-corrected chi connectivity index (χ4v) is 1.60. The van der Waals surface area contributed by atoms with Crippen molar-refractivity contribution in [3.63, 3.8) is 0 Å². The Hall–Kier alpha value is -2.90. The van der Waals surface area contributed by atoms with E-state index < -0.39 is 11.9 Å². The van der Waals surface area contributed by atoms with Crippen LogP contribution in [0.3, 0.4) is 0 Å². The summed E-state index contributed by atoms with van der Waals surface area (Å²) in [5.41, 5.74) is 0.116. The van der Waals surface area contributed by atoms with E-state index in [1.807, 2.05) is 0 Å². The number of H-pyrrole nitrogens is 1. The number of aldehydes is 1. The Morgan fingerprint density at radius 3 is 3.00 bits per heavy atom. The second kappa shape index (κ2) is 6.51. The highest BCUT2D eigenvalue weighted by Gasteiger charge is 2.09. The first-order valence-corrected chi connectivity index (χ1v) is 6.08. The molecule has 2 aromatic heterocycles. The highest BCUT2D eigenvalue weighted by atomic mass is 19.1. The first-order valence-electron chi connectivity index (χ1n) is 6.08. The third-order valence-electron chi connectivity index (χ3n) is 2.64. The Morgan fingerprint density at radius 2 is 2.29 bits per heavy atom. The number of hydrogen-bond donors (Lipinski definition) is 3. The molecule has 2 rings (SSSR count). The van der Waals surface area contributed by atoms with Gasteiger partial charge < -0.3 is 15.7 Å². The van der Waals surface area contributed by atoms with Crippen LogP contribution < -0.4 is 5.32 Å². The van der Waals surface area contributed by atoms with Crippen LogP contribution in [-0.4, -0.2) is 32.9 Å².